The minimum atomic E-state index is -0.473. The normalized spacial score (nSPS) is 14.9. The van der Waals surface area contributed by atoms with Crippen LogP contribution in [0.5, 0.6) is 0 Å². The number of carbonyl (C=O) groups excluding carboxylic acids is 2. The van der Waals surface area contributed by atoms with Crippen molar-refractivity contribution in [2.75, 3.05) is 18.6 Å². The number of nitriles is 1. The third-order valence-corrected chi connectivity index (χ3v) is 4.68. The summed E-state index contributed by atoms with van der Waals surface area (Å²) < 4.78 is 4.96. The van der Waals surface area contributed by atoms with Crippen molar-refractivity contribution in [2.24, 2.45) is 0 Å². The Morgan fingerprint density at radius 1 is 1.35 bits per heavy atom. The number of hydrogen-bond acceptors (Lipinski definition) is 6. The highest BCUT2D eigenvalue weighted by Crippen LogP contribution is 2.45. The number of carbonyl (C=O) groups is 2. The van der Waals surface area contributed by atoms with Crippen molar-refractivity contribution in [3.63, 3.8) is 0 Å². The molecule has 1 aromatic carbocycles. The van der Waals surface area contributed by atoms with Crippen molar-refractivity contribution in [2.45, 2.75) is 31.1 Å². The lowest BCUT2D eigenvalue weighted by atomic mass is 10.2. The molecule has 0 saturated heterocycles. The molecule has 0 unspecified atom stereocenters. The second-order valence-electron chi connectivity index (χ2n) is 5.11. The Morgan fingerprint density at radius 3 is 2.74 bits per heavy atom. The van der Waals surface area contributed by atoms with Gasteiger partial charge in [-0.05, 0) is 18.6 Å². The first-order chi connectivity index (χ1) is 11.1. The van der Waals surface area contributed by atoms with Crippen molar-refractivity contribution in [1.82, 2.24) is 0 Å². The first-order valence-electron chi connectivity index (χ1n) is 7.42. The number of nitrogens with zero attached hydrogens (tertiary/aromatic N) is 2. The van der Waals surface area contributed by atoms with Gasteiger partial charge in [0.05, 0.1) is 5.69 Å². The van der Waals surface area contributed by atoms with Gasteiger partial charge < -0.3 is 9.64 Å². The Kier molecular flexibility index (Phi) is 5.83. The maximum absolute atomic E-state index is 12.2. The van der Waals surface area contributed by atoms with E-state index in [0.29, 0.717) is 11.4 Å². The molecule has 23 heavy (non-hydrogen) atoms. The van der Waals surface area contributed by atoms with Crippen LogP contribution in [0.2, 0.25) is 0 Å². The summed E-state index contributed by atoms with van der Waals surface area (Å²) in [5.74, 6) is -0.877. The number of para-hydroxylation sites is 1. The number of hydrogen-bond donors (Lipinski definition) is 0. The molecule has 0 saturated carbocycles. The van der Waals surface area contributed by atoms with Gasteiger partial charge in [0.25, 0.3) is 0 Å². The quantitative estimate of drug-likeness (QED) is 0.453. The van der Waals surface area contributed by atoms with E-state index < -0.39 is 11.8 Å². The van der Waals surface area contributed by atoms with Crippen LogP contribution in [0.15, 0.2) is 39.8 Å². The summed E-state index contributed by atoms with van der Waals surface area (Å²) in [5.41, 5.74) is 0.977. The van der Waals surface area contributed by atoms with E-state index in [0.717, 1.165) is 23.4 Å². The second kappa shape index (κ2) is 7.84. The van der Waals surface area contributed by atoms with Crippen LogP contribution in [0.3, 0.4) is 0 Å². The monoisotopic (exact) mass is 330 g/mol. The predicted octanol–water partition coefficient (Wildman–Crippen LogP) is 3.27. The Balaban J connectivity index is 2.10. The van der Waals surface area contributed by atoms with Gasteiger partial charge in [0.15, 0.2) is 6.61 Å². The lowest BCUT2D eigenvalue weighted by Gasteiger charge is -2.14. The summed E-state index contributed by atoms with van der Waals surface area (Å²) >= 11 is 1.38. The van der Waals surface area contributed by atoms with E-state index in [1.54, 1.807) is 0 Å². The maximum atomic E-state index is 12.2. The molecule has 5 nitrogen and oxygen atoms in total. The molecule has 1 aliphatic rings. The SMILES string of the molecule is CCCCC(=O)OCC(=O)/C(C#N)=C1\Sc2ccccc2N1C. The van der Waals surface area contributed by atoms with E-state index in [1.165, 1.54) is 11.8 Å². The van der Waals surface area contributed by atoms with Gasteiger partial charge in [0.2, 0.25) is 5.78 Å². The Hall–Kier alpha value is -2.26. The molecule has 1 heterocycles. The van der Waals surface area contributed by atoms with Crippen LogP contribution in [-0.2, 0) is 14.3 Å². The van der Waals surface area contributed by atoms with Crippen LogP contribution in [-0.4, -0.2) is 25.4 Å². The highest BCUT2D eigenvalue weighted by Gasteiger charge is 2.28. The highest BCUT2D eigenvalue weighted by molar-refractivity contribution is 8.03. The van der Waals surface area contributed by atoms with Crippen LogP contribution >= 0.6 is 11.8 Å². The smallest absolute Gasteiger partial charge is 0.306 e. The molecule has 1 aromatic rings. The molecule has 0 amide bonds. The van der Waals surface area contributed by atoms with Crippen LogP contribution in [0.1, 0.15) is 26.2 Å². The fourth-order valence-corrected chi connectivity index (χ4v) is 3.32. The molecule has 120 valence electrons. The van der Waals surface area contributed by atoms with Gasteiger partial charge in [-0.1, -0.05) is 37.2 Å². The van der Waals surface area contributed by atoms with Gasteiger partial charge >= 0.3 is 5.97 Å². The molecule has 0 aliphatic carbocycles. The molecule has 0 bridgehead atoms. The number of fused-ring (bicyclic) bond motifs is 1. The van der Waals surface area contributed by atoms with E-state index in [4.69, 9.17) is 4.74 Å². The van der Waals surface area contributed by atoms with E-state index in [1.807, 2.05) is 49.2 Å². The van der Waals surface area contributed by atoms with E-state index in [9.17, 15) is 14.9 Å². The fourth-order valence-electron chi connectivity index (χ4n) is 2.16. The maximum Gasteiger partial charge on any atom is 0.306 e. The van der Waals surface area contributed by atoms with Crippen molar-refractivity contribution in [3.8, 4) is 6.07 Å². The van der Waals surface area contributed by atoms with Gasteiger partial charge in [-0.3, -0.25) is 9.59 Å². The Morgan fingerprint density at radius 2 is 2.09 bits per heavy atom. The number of benzene rings is 1. The molecular weight excluding hydrogens is 312 g/mol. The summed E-state index contributed by atoms with van der Waals surface area (Å²) in [4.78, 5) is 26.5. The Bertz CT molecular complexity index is 691. The zero-order chi connectivity index (χ0) is 16.8. The molecular formula is C17H18N2O3S. The standard InChI is InChI=1S/C17H18N2O3S/c1-3-4-9-16(21)22-11-14(20)12(10-18)17-19(2)13-7-5-6-8-15(13)23-17/h5-8H,3-4,9,11H2,1-2H3/b17-12-. The number of thioether (sulfide) groups is 1. The van der Waals surface area contributed by atoms with E-state index in [-0.39, 0.29) is 12.2 Å². The van der Waals surface area contributed by atoms with Crippen LogP contribution in [0.4, 0.5) is 5.69 Å². The average molecular weight is 330 g/mol. The van der Waals surface area contributed by atoms with E-state index in [2.05, 4.69) is 0 Å². The van der Waals surface area contributed by atoms with Crippen molar-refractivity contribution in [1.29, 1.82) is 5.26 Å². The lowest BCUT2D eigenvalue weighted by molar-refractivity contribution is -0.147. The molecule has 1 aliphatic heterocycles. The summed E-state index contributed by atoms with van der Waals surface area (Å²) in [6.07, 6.45) is 1.91. The van der Waals surface area contributed by atoms with Gasteiger partial charge in [0.1, 0.15) is 16.7 Å². The molecule has 0 fully saturated rings. The Labute approximate surface area is 139 Å². The van der Waals surface area contributed by atoms with Crippen LogP contribution < -0.4 is 4.90 Å². The second-order valence-corrected chi connectivity index (χ2v) is 6.14. The molecule has 2 rings (SSSR count). The minimum Gasteiger partial charge on any atom is -0.457 e. The molecule has 6 heteroatoms. The largest absolute Gasteiger partial charge is 0.457 e. The number of ketones is 1. The zero-order valence-electron chi connectivity index (χ0n) is 13.2. The number of unbranched alkanes of at least 4 members (excludes halogenated alkanes) is 1. The lowest BCUT2D eigenvalue weighted by Crippen LogP contribution is -2.19. The molecule has 0 radical (unpaired) electrons. The first-order valence-corrected chi connectivity index (χ1v) is 8.24. The number of anilines is 1. The van der Waals surface area contributed by atoms with Gasteiger partial charge in [0, 0.05) is 18.4 Å². The molecule has 0 spiro atoms. The first kappa shape index (κ1) is 17.1. The number of rotatable bonds is 6. The third kappa shape index (κ3) is 3.93. The summed E-state index contributed by atoms with van der Waals surface area (Å²) in [7, 11) is 1.81. The fraction of sp³-hybridized carbons (Fsp3) is 0.353. The number of Topliss-reactive ketones (excluding diaryl/α,β-unsaturated/α-hetero) is 1. The topological polar surface area (TPSA) is 70.4 Å². The van der Waals surface area contributed by atoms with Crippen LogP contribution in [0, 0.1) is 11.3 Å². The molecule has 0 aromatic heterocycles. The van der Waals surface area contributed by atoms with E-state index >= 15 is 0 Å². The number of esters is 1. The molecule has 0 atom stereocenters. The number of ether oxygens (including phenoxy) is 1. The summed E-state index contributed by atoms with van der Waals surface area (Å²) in [6.45, 7) is 1.58. The summed E-state index contributed by atoms with van der Waals surface area (Å²) in [6, 6.07) is 9.63. The summed E-state index contributed by atoms with van der Waals surface area (Å²) in [5, 5.41) is 9.92. The van der Waals surface area contributed by atoms with Gasteiger partial charge in [-0.25, -0.2) is 0 Å². The third-order valence-electron chi connectivity index (χ3n) is 3.44. The van der Waals surface area contributed by atoms with Crippen LogP contribution in [0.25, 0.3) is 0 Å². The molecule has 0 N–H and O–H groups in total. The predicted molar refractivity (Wildman–Crippen MR) is 88.8 cm³/mol. The van der Waals surface area contributed by atoms with Gasteiger partial charge in [-0.2, -0.15) is 5.26 Å². The van der Waals surface area contributed by atoms with Crippen molar-refractivity contribution in [3.05, 3.63) is 34.9 Å². The highest BCUT2D eigenvalue weighted by atomic mass is 32.2. The van der Waals surface area contributed by atoms with Crippen molar-refractivity contribution < 1.29 is 14.3 Å². The van der Waals surface area contributed by atoms with Crippen molar-refractivity contribution >= 4 is 29.2 Å². The zero-order valence-corrected chi connectivity index (χ0v) is 14.0. The average Bonchev–Trinajstić information content (AvgIpc) is 2.89. The minimum absolute atomic E-state index is 0.0250. The van der Waals surface area contributed by atoms with Gasteiger partial charge in [-0.15, -0.1) is 0 Å².